The number of hydrogen-bond donors (Lipinski definition) is 0. The molecule has 1 aromatic carbocycles. The van der Waals surface area contributed by atoms with Gasteiger partial charge in [0.2, 0.25) is 5.83 Å². The van der Waals surface area contributed by atoms with Crippen molar-refractivity contribution in [2.45, 2.75) is 38.1 Å². The van der Waals surface area contributed by atoms with E-state index in [1.54, 1.807) is 24.9 Å². The van der Waals surface area contributed by atoms with Crippen LogP contribution in [-0.2, 0) is 9.53 Å². The molecule has 0 atom stereocenters. The Kier molecular flexibility index (Phi) is 6.82. The predicted octanol–water partition coefficient (Wildman–Crippen LogP) is 4.65. The van der Waals surface area contributed by atoms with E-state index >= 15 is 0 Å². The Morgan fingerprint density at radius 2 is 2.08 bits per heavy atom. The fourth-order valence-corrected chi connectivity index (χ4v) is 3.67. The molecule has 0 bridgehead atoms. The molecule has 8 heteroatoms. The lowest BCUT2D eigenvalue weighted by molar-refractivity contribution is -0.140. The minimum absolute atomic E-state index is 0.0812. The van der Waals surface area contributed by atoms with Crippen LogP contribution in [0.2, 0.25) is 5.02 Å². The fourth-order valence-electron chi connectivity index (χ4n) is 2.53. The van der Waals surface area contributed by atoms with Crippen molar-refractivity contribution in [3.8, 4) is 5.75 Å². The number of fused-ring (bicyclic) bond motifs is 1. The first-order valence-electron chi connectivity index (χ1n) is 8.33. The predicted molar refractivity (Wildman–Crippen MR) is 103 cm³/mol. The summed E-state index contributed by atoms with van der Waals surface area (Å²) in [6.07, 6.45) is 0.720. The number of nitrogens with zero attached hydrogens (tertiary/aromatic N) is 2. The van der Waals surface area contributed by atoms with Crippen LogP contribution >= 0.6 is 23.5 Å². The lowest BCUT2D eigenvalue weighted by Gasteiger charge is -2.37. The molecular weight excluding hydrogens is 379 g/mol. The quantitative estimate of drug-likeness (QED) is 0.316. The normalized spacial score (nSPS) is 16.1. The summed E-state index contributed by atoms with van der Waals surface area (Å²) in [7, 11) is 2.01. The average molecular weight is 403 g/mol. The molecule has 0 unspecified atom stereocenters. The summed E-state index contributed by atoms with van der Waals surface area (Å²) < 4.78 is 25.7. The molecule has 0 spiro atoms. The van der Waals surface area contributed by atoms with Crippen LogP contribution in [0.5, 0.6) is 5.75 Å². The van der Waals surface area contributed by atoms with E-state index in [-0.39, 0.29) is 17.9 Å². The van der Waals surface area contributed by atoms with E-state index in [1.807, 2.05) is 13.1 Å². The second kappa shape index (κ2) is 8.50. The number of ether oxygens (including phenoxy) is 2. The highest BCUT2D eigenvalue weighted by atomic mass is 35.5. The van der Waals surface area contributed by atoms with E-state index < -0.39 is 11.8 Å². The molecule has 0 radical (unpaired) electrons. The first-order chi connectivity index (χ1) is 12.1. The van der Waals surface area contributed by atoms with Gasteiger partial charge in [-0.3, -0.25) is 0 Å². The molecule has 1 aliphatic rings. The summed E-state index contributed by atoms with van der Waals surface area (Å²) in [5.41, 5.74) is 0.918. The number of esters is 1. The Balaban J connectivity index is 2.35. The highest BCUT2D eigenvalue weighted by Crippen LogP contribution is 2.43. The van der Waals surface area contributed by atoms with E-state index in [9.17, 15) is 9.18 Å². The van der Waals surface area contributed by atoms with Gasteiger partial charge in [0.25, 0.3) is 0 Å². The van der Waals surface area contributed by atoms with E-state index in [0.29, 0.717) is 5.02 Å². The van der Waals surface area contributed by atoms with Crippen molar-refractivity contribution in [1.29, 1.82) is 0 Å². The molecular formula is C18H24ClFN2O3S. The molecule has 2 rings (SSSR count). The summed E-state index contributed by atoms with van der Waals surface area (Å²) in [5.74, 6) is -1.90. The third kappa shape index (κ3) is 5.05. The number of anilines is 1. The maximum atomic E-state index is 13.7. The third-order valence-corrected chi connectivity index (χ3v) is 5.08. The third-order valence-electron chi connectivity index (χ3n) is 3.77. The second-order valence-corrected chi connectivity index (χ2v) is 8.47. The molecule has 0 amide bonds. The zero-order valence-electron chi connectivity index (χ0n) is 15.6. The van der Waals surface area contributed by atoms with Gasteiger partial charge in [0.1, 0.15) is 12.0 Å². The van der Waals surface area contributed by atoms with Crippen molar-refractivity contribution >= 4 is 35.2 Å². The van der Waals surface area contributed by atoms with Gasteiger partial charge >= 0.3 is 5.97 Å². The van der Waals surface area contributed by atoms with Crippen LogP contribution < -0.4 is 9.64 Å². The van der Waals surface area contributed by atoms with Gasteiger partial charge in [-0.05, 0) is 58.8 Å². The van der Waals surface area contributed by atoms with Crippen molar-refractivity contribution in [2.24, 2.45) is 0 Å². The number of carbonyl (C=O) groups excluding carboxylic acids is 1. The number of benzene rings is 1. The molecule has 1 aliphatic heterocycles. The lowest BCUT2D eigenvalue weighted by atomic mass is 10.0. The summed E-state index contributed by atoms with van der Waals surface area (Å²) in [5, 5.41) is 0.344. The number of rotatable bonds is 4. The van der Waals surface area contributed by atoms with Gasteiger partial charge in [-0.25, -0.2) is 9.10 Å². The van der Waals surface area contributed by atoms with Crippen LogP contribution in [0.25, 0.3) is 0 Å². The molecule has 1 aromatic rings. The van der Waals surface area contributed by atoms with Gasteiger partial charge in [0.05, 0.1) is 22.2 Å². The fraction of sp³-hybridized carbons (Fsp3) is 0.500. The molecule has 0 saturated carbocycles. The minimum atomic E-state index is -1.11. The summed E-state index contributed by atoms with van der Waals surface area (Å²) in [6, 6.07) is 3.58. The maximum Gasteiger partial charge on any atom is 0.370 e. The molecule has 26 heavy (non-hydrogen) atoms. The lowest BCUT2D eigenvalue weighted by Crippen LogP contribution is -2.43. The highest BCUT2D eigenvalue weighted by molar-refractivity contribution is 7.97. The van der Waals surface area contributed by atoms with Gasteiger partial charge in [0, 0.05) is 18.6 Å². The minimum Gasteiger partial charge on any atom is -0.461 e. The SMILES string of the molecule is CCOC(=O)/C(F)=C/Oc1cc2c(cc1Cl)N(C(C)(C)C)CCN(C)S2. The average Bonchev–Trinajstić information content (AvgIpc) is 2.70. The molecule has 0 aliphatic carbocycles. The van der Waals surface area contributed by atoms with Crippen LogP contribution in [0, 0.1) is 0 Å². The molecule has 1 heterocycles. The van der Waals surface area contributed by atoms with Crippen LogP contribution in [0.15, 0.2) is 29.1 Å². The number of halogens is 2. The molecule has 0 fully saturated rings. The van der Waals surface area contributed by atoms with E-state index in [2.05, 4.69) is 34.7 Å². The van der Waals surface area contributed by atoms with E-state index in [1.165, 1.54) is 0 Å². The zero-order chi connectivity index (χ0) is 19.5. The molecule has 0 saturated heterocycles. The monoisotopic (exact) mass is 402 g/mol. The first-order valence-corrected chi connectivity index (χ1v) is 9.48. The van der Waals surface area contributed by atoms with Crippen LogP contribution in [0.4, 0.5) is 10.1 Å². The van der Waals surface area contributed by atoms with E-state index in [0.717, 1.165) is 29.9 Å². The van der Waals surface area contributed by atoms with Crippen LogP contribution in [0.1, 0.15) is 27.7 Å². The molecule has 5 nitrogen and oxygen atoms in total. The number of carbonyl (C=O) groups is 1. The molecule has 144 valence electrons. The Hall–Kier alpha value is -1.44. The van der Waals surface area contributed by atoms with Gasteiger partial charge in [-0.15, -0.1) is 0 Å². The largest absolute Gasteiger partial charge is 0.461 e. The Bertz CT molecular complexity index is 706. The van der Waals surface area contributed by atoms with Crippen LogP contribution in [-0.4, -0.2) is 42.6 Å². The molecule has 0 aromatic heterocycles. The Morgan fingerprint density at radius 3 is 2.69 bits per heavy atom. The van der Waals surface area contributed by atoms with Crippen molar-refractivity contribution < 1.29 is 18.7 Å². The topological polar surface area (TPSA) is 42.0 Å². The van der Waals surface area contributed by atoms with Crippen molar-refractivity contribution in [2.75, 3.05) is 31.6 Å². The smallest absolute Gasteiger partial charge is 0.370 e. The Labute approximate surface area is 163 Å². The summed E-state index contributed by atoms with van der Waals surface area (Å²) in [6.45, 7) is 9.85. The zero-order valence-corrected chi connectivity index (χ0v) is 17.2. The van der Waals surface area contributed by atoms with Gasteiger partial charge < -0.3 is 14.4 Å². The first kappa shape index (κ1) is 20.9. The van der Waals surface area contributed by atoms with Crippen molar-refractivity contribution in [3.63, 3.8) is 0 Å². The van der Waals surface area contributed by atoms with E-state index in [4.69, 9.17) is 16.3 Å². The summed E-state index contributed by atoms with van der Waals surface area (Å²) >= 11 is 7.92. The second-order valence-electron chi connectivity index (χ2n) is 6.82. The van der Waals surface area contributed by atoms with Gasteiger partial charge in [-0.2, -0.15) is 4.39 Å². The van der Waals surface area contributed by atoms with Crippen molar-refractivity contribution in [3.05, 3.63) is 29.2 Å². The Morgan fingerprint density at radius 1 is 1.38 bits per heavy atom. The van der Waals surface area contributed by atoms with Crippen molar-refractivity contribution in [1.82, 2.24) is 4.31 Å². The van der Waals surface area contributed by atoms with Gasteiger partial charge in [-0.1, -0.05) is 11.6 Å². The highest BCUT2D eigenvalue weighted by Gasteiger charge is 2.28. The maximum absolute atomic E-state index is 13.7. The van der Waals surface area contributed by atoms with Crippen LogP contribution in [0.3, 0.4) is 0 Å². The standard InChI is InChI=1S/C18H24ClFN2O3S/c1-6-24-17(23)13(20)11-25-15-10-16-14(9-12(15)19)22(18(2,3)4)8-7-21(5)26-16/h9-11H,6-8H2,1-5H3/b13-11-. The molecule has 0 N–H and O–H groups in total. The number of likely N-dealkylation sites (N-methyl/N-ethyl adjacent to an activating group) is 1. The summed E-state index contributed by atoms with van der Waals surface area (Å²) in [4.78, 5) is 14.6. The number of hydrogen-bond acceptors (Lipinski definition) is 6. The van der Waals surface area contributed by atoms with Gasteiger partial charge in [0.15, 0.2) is 0 Å².